The fourth-order valence-electron chi connectivity index (χ4n) is 4.41. The zero-order chi connectivity index (χ0) is 31.3. The number of carbonyl (C=O) groups excluding carboxylic acids is 3. The maximum atomic E-state index is 14.8. The maximum absolute atomic E-state index is 14.8. The number of benzene rings is 1. The first-order valence-corrected chi connectivity index (χ1v) is 12.9. The van der Waals surface area contributed by atoms with Crippen molar-refractivity contribution in [2.75, 3.05) is 39.9 Å². The molecule has 0 saturated carbocycles. The zero-order valence-electron chi connectivity index (χ0n) is 23.2. The number of nitrogens with one attached hydrogen (secondary N) is 1. The van der Waals surface area contributed by atoms with E-state index in [0.29, 0.717) is 43.3 Å². The predicted molar refractivity (Wildman–Crippen MR) is 148 cm³/mol. The predicted octanol–water partition coefficient (Wildman–Crippen LogP) is -1.97. The molecule has 222 valence electrons. The van der Waals surface area contributed by atoms with Gasteiger partial charge in [0, 0.05) is 38.8 Å². The van der Waals surface area contributed by atoms with Crippen LogP contribution in [-0.4, -0.2) is 121 Å². The maximum Gasteiger partial charge on any atom is 0.354 e. The number of carbonyl (C=O) groups is 3. The molecule has 1 aromatic carbocycles. The van der Waals surface area contributed by atoms with Gasteiger partial charge in [-0.3, -0.25) is 14.5 Å². The van der Waals surface area contributed by atoms with Crippen molar-refractivity contribution in [1.82, 2.24) is 15.1 Å². The Balaban J connectivity index is 1.97. The lowest BCUT2D eigenvalue weighted by Crippen LogP contribution is -2.72. The highest BCUT2D eigenvalue weighted by atomic mass is 19.1. The van der Waals surface area contributed by atoms with Gasteiger partial charge < -0.3 is 44.9 Å². The SMILES string of the molecule is [B]C(O)(C=O)C([B])(O)C(C(=O)NC)N1C/C=C(OC(O)(O)c2cc(CN3CCOCC3)ccc2F)/C=C\C=C(/C)C1=O. The minimum absolute atomic E-state index is 0.0124. The van der Waals surface area contributed by atoms with Crippen LogP contribution in [0.25, 0.3) is 0 Å². The Bertz CT molecular complexity index is 1280. The molecule has 1 saturated heterocycles. The summed E-state index contributed by atoms with van der Waals surface area (Å²) in [6.07, 6.45) is 4.66. The largest absolute Gasteiger partial charge is 0.436 e. The number of halogens is 1. The highest BCUT2D eigenvalue weighted by Gasteiger charge is 2.53. The number of aliphatic hydroxyl groups is 4. The number of ether oxygens (including phenoxy) is 2. The van der Waals surface area contributed by atoms with Crippen LogP contribution in [-0.2, 0) is 36.4 Å². The van der Waals surface area contributed by atoms with Crippen molar-refractivity contribution in [2.24, 2.45) is 0 Å². The lowest BCUT2D eigenvalue weighted by molar-refractivity contribution is -0.332. The van der Waals surface area contributed by atoms with Crippen molar-refractivity contribution in [3.8, 4) is 0 Å². The van der Waals surface area contributed by atoms with Gasteiger partial charge in [-0.1, -0.05) is 18.2 Å². The van der Waals surface area contributed by atoms with Gasteiger partial charge in [-0.05, 0) is 36.8 Å². The van der Waals surface area contributed by atoms with E-state index in [1.165, 1.54) is 37.3 Å². The van der Waals surface area contributed by atoms with Gasteiger partial charge in [-0.15, -0.1) is 0 Å². The Morgan fingerprint density at radius 2 is 1.90 bits per heavy atom. The molecular formula is C27H32B2FN3O9. The summed E-state index contributed by atoms with van der Waals surface area (Å²) in [6, 6.07) is 1.70. The third kappa shape index (κ3) is 7.35. The Morgan fingerprint density at radius 1 is 1.24 bits per heavy atom. The Labute approximate surface area is 244 Å². The molecule has 1 fully saturated rings. The molecule has 2 aliphatic heterocycles. The molecule has 5 N–H and O–H groups in total. The van der Waals surface area contributed by atoms with E-state index in [0.717, 1.165) is 19.2 Å². The number of hydrogen-bond acceptors (Lipinski definition) is 10. The fraction of sp³-hybridized carbons (Fsp3) is 0.444. The van der Waals surface area contributed by atoms with Crippen molar-refractivity contribution in [2.45, 2.75) is 36.5 Å². The van der Waals surface area contributed by atoms with Gasteiger partial charge >= 0.3 is 5.97 Å². The van der Waals surface area contributed by atoms with Gasteiger partial charge in [-0.25, -0.2) is 4.39 Å². The van der Waals surface area contributed by atoms with Crippen LogP contribution in [0.1, 0.15) is 18.1 Å². The second kappa shape index (κ2) is 13.3. The lowest BCUT2D eigenvalue weighted by atomic mass is 9.55. The molecular weight excluding hydrogens is 551 g/mol. The van der Waals surface area contributed by atoms with E-state index < -0.39 is 52.8 Å². The van der Waals surface area contributed by atoms with E-state index in [1.807, 2.05) is 0 Å². The van der Waals surface area contributed by atoms with Crippen LogP contribution in [0.5, 0.6) is 0 Å². The molecule has 0 spiro atoms. The molecule has 0 aliphatic carbocycles. The standard InChI is InChI=1S/C27H32B2FN3O9/c1-17-4-3-5-19(8-9-33(24(17)36)22(23(35)31-2)26(29,38)25(28,37)16-34)42-27(39,40)20-14-18(6-7-21(20)30)15-32-10-12-41-13-11-32/h3-8,14,16,22,37-40H,9-13,15H2,1-2H3,(H,31,35)/b5-3-,17-4+,19-8-. The number of morpholine rings is 1. The van der Waals surface area contributed by atoms with Gasteiger partial charge in [0.1, 0.15) is 39.6 Å². The van der Waals surface area contributed by atoms with E-state index in [4.69, 9.17) is 25.2 Å². The summed E-state index contributed by atoms with van der Waals surface area (Å²) in [5, 5.41) is 45.0. The molecule has 3 rings (SSSR count). The van der Waals surface area contributed by atoms with E-state index >= 15 is 0 Å². The monoisotopic (exact) mass is 583 g/mol. The lowest BCUT2D eigenvalue weighted by Gasteiger charge is -2.45. The molecule has 15 heteroatoms. The summed E-state index contributed by atoms with van der Waals surface area (Å²) in [7, 11) is 12.4. The third-order valence-electron chi connectivity index (χ3n) is 6.89. The number of rotatable bonds is 10. The Morgan fingerprint density at radius 3 is 2.52 bits per heavy atom. The molecule has 3 atom stereocenters. The van der Waals surface area contributed by atoms with Gasteiger partial charge in [0.25, 0.3) is 5.91 Å². The number of likely N-dealkylation sites (N-methyl/N-ethyl adjacent to an activating group) is 1. The minimum atomic E-state index is -3.19. The third-order valence-corrected chi connectivity index (χ3v) is 6.89. The Hall–Kier alpha value is -3.33. The highest BCUT2D eigenvalue weighted by Crippen LogP contribution is 2.29. The average molecular weight is 583 g/mol. The average Bonchev–Trinajstić information content (AvgIpc) is 3.00. The summed E-state index contributed by atoms with van der Waals surface area (Å²) >= 11 is 0. The molecule has 2 amide bonds. The molecule has 12 nitrogen and oxygen atoms in total. The molecule has 2 heterocycles. The van der Waals surface area contributed by atoms with Crippen LogP contribution in [0, 0.1) is 5.82 Å². The van der Waals surface area contributed by atoms with Crippen molar-refractivity contribution in [1.29, 1.82) is 0 Å². The van der Waals surface area contributed by atoms with Crippen molar-refractivity contribution >= 4 is 33.8 Å². The smallest absolute Gasteiger partial charge is 0.354 e. The second-order valence-electron chi connectivity index (χ2n) is 9.97. The van der Waals surface area contributed by atoms with Crippen molar-refractivity contribution in [3.05, 3.63) is 70.8 Å². The number of aldehydes is 1. The molecule has 4 radical (unpaired) electrons. The number of allylic oxidation sites excluding steroid dienone is 3. The second-order valence-corrected chi connectivity index (χ2v) is 9.97. The van der Waals surface area contributed by atoms with Crippen LogP contribution in [0.4, 0.5) is 4.39 Å². The first-order valence-electron chi connectivity index (χ1n) is 12.9. The van der Waals surface area contributed by atoms with Crippen molar-refractivity contribution < 1.29 is 48.7 Å². The molecule has 1 aromatic rings. The van der Waals surface area contributed by atoms with Crippen LogP contribution in [0.2, 0.25) is 0 Å². The summed E-state index contributed by atoms with van der Waals surface area (Å²) < 4.78 is 25.5. The van der Waals surface area contributed by atoms with Crippen LogP contribution >= 0.6 is 0 Å². The summed E-state index contributed by atoms with van der Waals surface area (Å²) in [5.74, 6) is -6.40. The summed E-state index contributed by atoms with van der Waals surface area (Å²) in [5.41, 5.74) is -6.35. The first-order chi connectivity index (χ1) is 19.6. The minimum Gasteiger partial charge on any atom is -0.436 e. The number of hydrogen-bond donors (Lipinski definition) is 5. The van der Waals surface area contributed by atoms with Crippen LogP contribution < -0.4 is 5.32 Å². The number of amides is 2. The first kappa shape index (κ1) is 33.2. The summed E-state index contributed by atoms with van der Waals surface area (Å²) in [6.45, 7) is 3.55. The van der Waals surface area contributed by atoms with Gasteiger partial charge in [0.2, 0.25) is 5.91 Å². The van der Waals surface area contributed by atoms with Gasteiger partial charge in [0.15, 0.2) is 0 Å². The number of nitrogens with zero attached hydrogens (tertiary/aromatic N) is 2. The molecule has 2 aliphatic rings. The van der Waals surface area contributed by atoms with E-state index in [2.05, 4.69) is 10.2 Å². The van der Waals surface area contributed by atoms with Gasteiger partial charge in [0.05, 0.1) is 29.8 Å². The van der Waals surface area contributed by atoms with Crippen molar-refractivity contribution in [3.63, 3.8) is 0 Å². The normalized spacial score (nSPS) is 23.8. The van der Waals surface area contributed by atoms with Crippen LogP contribution in [0.3, 0.4) is 0 Å². The Kier molecular flexibility index (Phi) is 10.5. The fourth-order valence-corrected chi connectivity index (χ4v) is 4.41. The van der Waals surface area contributed by atoms with E-state index in [1.54, 1.807) is 0 Å². The quantitative estimate of drug-likeness (QED) is 0.118. The van der Waals surface area contributed by atoms with E-state index in [9.17, 15) is 39.2 Å². The zero-order valence-corrected chi connectivity index (χ0v) is 23.2. The summed E-state index contributed by atoms with van der Waals surface area (Å²) in [4.78, 5) is 40.2. The molecule has 3 unspecified atom stereocenters. The van der Waals surface area contributed by atoms with E-state index in [-0.39, 0.29) is 17.6 Å². The van der Waals surface area contributed by atoms with Gasteiger partial charge in [-0.2, -0.15) is 0 Å². The molecule has 42 heavy (non-hydrogen) atoms. The molecule has 0 aromatic heterocycles. The topological polar surface area (TPSA) is 169 Å². The van der Waals surface area contributed by atoms with Crippen LogP contribution in [0.15, 0.2) is 53.8 Å². The molecule has 0 bridgehead atoms. The highest BCUT2D eigenvalue weighted by molar-refractivity contribution is 6.33.